The number of hydrogen-bond donors (Lipinski definition) is 3. The standard InChI is InChI=1S/C26H32N6O/c1-3-25-30-23-10-9-22(33-21-11-14-31(15-12-21)18(2)27)17-24(23)32(25)13-5-7-19-6-4-8-20(16-19)26(28)29/h4-10,16-17,21,27H,3,11-15H2,1-2H3,(H3,28,29)/b7-5+,27-18?. The van der Waals surface area contributed by atoms with Gasteiger partial charge in [-0.15, -0.1) is 0 Å². The number of nitrogens with one attached hydrogen (secondary N) is 2. The lowest BCUT2D eigenvalue weighted by atomic mass is 10.1. The summed E-state index contributed by atoms with van der Waals surface area (Å²) in [6.07, 6.45) is 7.04. The number of hydrogen-bond acceptors (Lipinski definition) is 4. The van der Waals surface area contributed by atoms with Gasteiger partial charge in [-0.05, 0) is 30.7 Å². The second kappa shape index (κ2) is 9.90. The van der Waals surface area contributed by atoms with Gasteiger partial charge < -0.3 is 19.9 Å². The van der Waals surface area contributed by atoms with Crippen LogP contribution < -0.4 is 10.5 Å². The molecular formula is C26H32N6O. The van der Waals surface area contributed by atoms with Crippen LogP contribution in [-0.2, 0) is 13.0 Å². The molecule has 1 saturated heterocycles. The Balaban J connectivity index is 1.51. The van der Waals surface area contributed by atoms with E-state index in [0.717, 1.165) is 66.1 Å². The summed E-state index contributed by atoms with van der Waals surface area (Å²) in [5, 5.41) is 15.4. The largest absolute Gasteiger partial charge is 0.490 e. The van der Waals surface area contributed by atoms with Gasteiger partial charge >= 0.3 is 0 Å². The zero-order valence-corrected chi connectivity index (χ0v) is 19.3. The van der Waals surface area contributed by atoms with Gasteiger partial charge in [-0.25, -0.2) is 4.98 Å². The highest BCUT2D eigenvalue weighted by molar-refractivity contribution is 5.95. The van der Waals surface area contributed by atoms with Crippen LogP contribution in [0.15, 0.2) is 48.5 Å². The molecule has 1 aliphatic heterocycles. The van der Waals surface area contributed by atoms with Gasteiger partial charge in [0.1, 0.15) is 23.5 Å². The molecule has 0 saturated carbocycles. The number of likely N-dealkylation sites (tertiary alicyclic amines) is 1. The first-order valence-corrected chi connectivity index (χ1v) is 11.5. The minimum atomic E-state index is 0.0743. The van der Waals surface area contributed by atoms with Gasteiger partial charge in [-0.2, -0.15) is 0 Å². The van der Waals surface area contributed by atoms with Crippen LogP contribution in [0.2, 0.25) is 0 Å². The molecule has 1 fully saturated rings. The maximum Gasteiger partial charge on any atom is 0.122 e. The van der Waals surface area contributed by atoms with Gasteiger partial charge in [0, 0.05) is 50.5 Å². The van der Waals surface area contributed by atoms with Crippen LogP contribution in [0, 0.1) is 10.8 Å². The number of nitrogens with two attached hydrogens (primary N) is 1. The molecule has 0 amide bonds. The Labute approximate surface area is 194 Å². The Kier molecular flexibility index (Phi) is 6.77. The Bertz CT molecular complexity index is 1190. The highest BCUT2D eigenvalue weighted by atomic mass is 16.5. The number of nitrogens with zero attached hydrogens (tertiary/aromatic N) is 3. The van der Waals surface area contributed by atoms with E-state index in [1.807, 2.05) is 43.3 Å². The van der Waals surface area contributed by atoms with Crippen LogP contribution in [0.1, 0.15) is 43.6 Å². The molecule has 0 aliphatic carbocycles. The molecule has 0 bridgehead atoms. The molecule has 2 aromatic carbocycles. The van der Waals surface area contributed by atoms with Crippen molar-refractivity contribution in [1.29, 1.82) is 10.8 Å². The maximum atomic E-state index is 7.80. The van der Waals surface area contributed by atoms with E-state index in [4.69, 9.17) is 26.3 Å². The number of aryl methyl sites for hydroxylation is 1. The van der Waals surface area contributed by atoms with E-state index in [9.17, 15) is 0 Å². The van der Waals surface area contributed by atoms with Crippen LogP contribution in [0.4, 0.5) is 0 Å². The smallest absolute Gasteiger partial charge is 0.122 e. The SMILES string of the molecule is CCc1nc2ccc(OC3CCN(C(C)=N)CC3)cc2n1C/C=C/c1cccc(C(=N)N)c1. The number of ether oxygens (including phenoxy) is 1. The summed E-state index contributed by atoms with van der Waals surface area (Å²) in [5.74, 6) is 2.62. The Hall–Kier alpha value is -3.61. The molecule has 2 heterocycles. The summed E-state index contributed by atoms with van der Waals surface area (Å²) in [5.41, 5.74) is 9.39. The van der Waals surface area contributed by atoms with Crippen molar-refractivity contribution in [3.8, 4) is 5.75 Å². The molecule has 3 aromatic rings. The topological polar surface area (TPSA) is 104 Å². The number of piperidine rings is 1. The summed E-state index contributed by atoms with van der Waals surface area (Å²) >= 11 is 0. The molecule has 1 aliphatic rings. The van der Waals surface area contributed by atoms with E-state index in [0.29, 0.717) is 12.4 Å². The first-order chi connectivity index (χ1) is 15.9. The normalized spacial score (nSPS) is 14.8. The number of benzene rings is 2. The van der Waals surface area contributed by atoms with E-state index in [-0.39, 0.29) is 11.9 Å². The minimum absolute atomic E-state index is 0.0743. The molecular weight excluding hydrogens is 412 g/mol. The van der Waals surface area contributed by atoms with Gasteiger partial charge in [0.05, 0.1) is 16.9 Å². The zero-order valence-electron chi connectivity index (χ0n) is 19.3. The lowest BCUT2D eigenvalue weighted by Gasteiger charge is -2.32. The van der Waals surface area contributed by atoms with Crippen molar-refractivity contribution in [1.82, 2.24) is 14.5 Å². The molecule has 172 valence electrons. The minimum Gasteiger partial charge on any atom is -0.490 e. The Morgan fingerprint density at radius 3 is 2.67 bits per heavy atom. The number of fused-ring (bicyclic) bond motifs is 1. The van der Waals surface area contributed by atoms with Crippen LogP contribution in [0.5, 0.6) is 5.75 Å². The van der Waals surface area contributed by atoms with Gasteiger partial charge in [-0.3, -0.25) is 10.8 Å². The van der Waals surface area contributed by atoms with Crippen molar-refractivity contribution >= 4 is 28.8 Å². The molecule has 0 unspecified atom stereocenters. The monoisotopic (exact) mass is 444 g/mol. The Morgan fingerprint density at radius 1 is 1.18 bits per heavy atom. The lowest BCUT2D eigenvalue weighted by Crippen LogP contribution is -2.40. The summed E-state index contributed by atoms with van der Waals surface area (Å²) in [6, 6.07) is 13.8. The third kappa shape index (κ3) is 5.25. The quantitative estimate of drug-likeness (QED) is 0.370. The van der Waals surface area contributed by atoms with Crippen LogP contribution in [0.25, 0.3) is 17.1 Å². The average molecular weight is 445 g/mol. The van der Waals surface area contributed by atoms with Gasteiger partial charge in [0.15, 0.2) is 0 Å². The van der Waals surface area contributed by atoms with E-state index < -0.39 is 0 Å². The summed E-state index contributed by atoms with van der Waals surface area (Å²) < 4.78 is 8.54. The molecule has 0 radical (unpaired) electrons. The molecule has 7 heteroatoms. The second-order valence-electron chi connectivity index (χ2n) is 8.47. The van der Waals surface area contributed by atoms with E-state index in [2.05, 4.69) is 34.6 Å². The number of imidazole rings is 1. The number of amidine groups is 2. The third-order valence-corrected chi connectivity index (χ3v) is 6.13. The van der Waals surface area contributed by atoms with Crippen LogP contribution in [0.3, 0.4) is 0 Å². The Morgan fingerprint density at radius 2 is 1.97 bits per heavy atom. The number of nitrogen functional groups attached to an aromatic ring is 1. The lowest BCUT2D eigenvalue weighted by molar-refractivity contribution is 0.130. The summed E-state index contributed by atoms with van der Waals surface area (Å²) in [7, 11) is 0. The average Bonchev–Trinajstić information content (AvgIpc) is 3.16. The first-order valence-electron chi connectivity index (χ1n) is 11.5. The fraction of sp³-hybridized carbons (Fsp3) is 0.346. The predicted molar refractivity (Wildman–Crippen MR) is 134 cm³/mol. The molecule has 0 spiro atoms. The van der Waals surface area contributed by atoms with Crippen molar-refractivity contribution in [3.05, 3.63) is 65.5 Å². The predicted octanol–water partition coefficient (Wildman–Crippen LogP) is 4.44. The molecule has 1 aromatic heterocycles. The van der Waals surface area contributed by atoms with Crippen molar-refractivity contribution in [2.75, 3.05) is 13.1 Å². The second-order valence-corrected chi connectivity index (χ2v) is 8.47. The highest BCUT2D eigenvalue weighted by Gasteiger charge is 2.21. The van der Waals surface area contributed by atoms with E-state index in [1.165, 1.54) is 0 Å². The maximum absolute atomic E-state index is 7.80. The summed E-state index contributed by atoms with van der Waals surface area (Å²) in [6.45, 7) is 6.40. The number of allylic oxidation sites excluding steroid dienone is 1. The molecule has 4 N–H and O–H groups in total. The highest BCUT2D eigenvalue weighted by Crippen LogP contribution is 2.25. The molecule has 0 atom stereocenters. The number of rotatable bonds is 7. The van der Waals surface area contributed by atoms with Gasteiger partial charge in [0.2, 0.25) is 0 Å². The van der Waals surface area contributed by atoms with Gasteiger partial charge in [0.25, 0.3) is 0 Å². The van der Waals surface area contributed by atoms with E-state index >= 15 is 0 Å². The van der Waals surface area contributed by atoms with Crippen molar-refractivity contribution in [2.24, 2.45) is 5.73 Å². The van der Waals surface area contributed by atoms with Crippen molar-refractivity contribution in [2.45, 2.75) is 45.8 Å². The fourth-order valence-corrected chi connectivity index (χ4v) is 4.30. The first kappa shape index (κ1) is 22.6. The van der Waals surface area contributed by atoms with Crippen molar-refractivity contribution < 1.29 is 4.74 Å². The van der Waals surface area contributed by atoms with E-state index in [1.54, 1.807) is 0 Å². The van der Waals surface area contributed by atoms with Crippen LogP contribution >= 0.6 is 0 Å². The number of aromatic nitrogens is 2. The third-order valence-electron chi connectivity index (χ3n) is 6.13. The zero-order chi connectivity index (χ0) is 23.4. The van der Waals surface area contributed by atoms with Crippen molar-refractivity contribution in [3.63, 3.8) is 0 Å². The summed E-state index contributed by atoms with van der Waals surface area (Å²) in [4.78, 5) is 6.91. The van der Waals surface area contributed by atoms with Gasteiger partial charge in [-0.1, -0.05) is 37.3 Å². The molecule has 33 heavy (non-hydrogen) atoms. The fourth-order valence-electron chi connectivity index (χ4n) is 4.30. The molecule has 7 nitrogen and oxygen atoms in total. The molecule has 4 rings (SSSR count). The van der Waals surface area contributed by atoms with Crippen LogP contribution in [-0.4, -0.2) is 45.3 Å².